The summed E-state index contributed by atoms with van der Waals surface area (Å²) < 4.78 is 52.7. The zero-order chi connectivity index (χ0) is 39.2. The van der Waals surface area contributed by atoms with Crippen LogP contribution in [0.2, 0.25) is 0 Å². The quantitative estimate of drug-likeness (QED) is 0.0870. The molecule has 2 amide bonds. The van der Waals surface area contributed by atoms with Crippen molar-refractivity contribution in [2.45, 2.75) is 120 Å². The topological polar surface area (TPSA) is 58.2 Å². The van der Waals surface area contributed by atoms with Crippen molar-refractivity contribution in [1.29, 1.82) is 0 Å². The molecule has 0 saturated carbocycles. The van der Waals surface area contributed by atoms with Crippen LogP contribution in [0.3, 0.4) is 0 Å². The summed E-state index contributed by atoms with van der Waals surface area (Å²) in [5.41, 5.74) is -1.30. The summed E-state index contributed by atoms with van der Waals surface area (Å²) in [7, 11) is 0. The van der Waals surface area contributed by atoms with Crippen LogP contribution < -0.4 is 10.6 Å². The number of amides is 2. The number of benzene rings is 2. The van der Waals surface area contributed by atoms with Crippen LogP contribution in [0.15, 0.2) is 60.7 Å². The van der Waals surface area contributed by atoms with Crippen LogP contribution in [-0.2, 0) is 31.3 Å². The molecule has 0 fully saturated rings. The Kier molecular flexibility index (Phi) is 24.9. The molecule has 2 aliphatic carbocycles. The summed E-state index contributed by atoms with van der Waals surface area (Å²) >= 11 is 0. The van der Waals surface area contributed by atoms with Crippen LogP contribution in [0, 0.1) is 70.2 Å². The molecule has 4 nitrogen and oxygen atoms in total. The molecule has 2 aromatic carbocycles. The fraction of sp³-hybridized carbons (Fsp3) is 0.500. The minimum atomic E-state index is -0.877. The Labute approximate surface area is 332 Å². The smallest absolute Gasteiger partial charge is 0.376 e. The fourth-order valence-electron chi connectivity index (χ4n) is 4.90. The summed E-state index contributed by atoms with van der Waals surface area (Å²) in [6.07, 6.45) is 28.6. The van der Waals surface area contributed by atoms with Crippen LogP contribution in [-0.4, -0.2) is 11.8 Å². The number of unbranched alkanes of at least 4 members (excludes halogenated alkanes) is 4. The normalized spacial score (nSPS) is 13.7. The van der Waals surface area contributed by atoms with Gasteiger partial charge in [0.15, 0.2) is 0 Å². The molecule has 9 heteroatoms. The molecule has 0 saturated heterocycles. The molecule has 0 radical (unpaired) electrons. The van der Waals surface area contributed by atoms with Crippen molar-refractivity contribution in [2.75, 3.05) is 10.6 Å². The largest absolute Gasteiger partial charge is 4.00 e. The molecule has 2 aliphatic rings. The summed E-state index contributed by atoms with van der Waals surface area (Å²) in [4.78, 5) is 24.7. The SMILES string of the molecule is CCCCCC(C)C(C)(C)C(=O)Nc1ccc(F)[c-]c1F.CCCCCC(C)C(C)(C)C(=O)Nc1ccc(F)[c-]c1F.[C-]1=CC=CC1.[C-]1=CC=CC1.[Ti+4]. The molecule has 0 aromatic heterocycles. The second kappa shape index (κ2) is 26.5. The van der Waals surface area contributed by atoms with E-state index in [-0.39, 0.29) is 56.7 Å². The van der Waals surface area contributed by atoms with Crippen molar-refractivity contribution in [1.82, 2.24) is 0 Å². The van der Waals surface area contributed by atoms with Gasteiger partial charge >= 0.3 is 21.7 Å². The molecule has 0 aliphatic heterocycles. The zero-order valence-corrected chi connectivity index (χ0v) is 34.4. The van der Waals surface area contributed by atoms with Crippen molar-refractivity contribution in [3.05, 3.63) is 108 Å². The van der Waals surface area contributed by atoms with E-state index in [2.05, 4.69) is 48.8 Å². The van der Waals surface area contributed by atoms with Gasteiger partial charge in [0, 0.05) is 34.1 Å². The van der Waals surface area contributed by atoms with E-state index in [0.29, 0.717) is 0 Å². The number of hydrogen-bond acceptors (Lipinski definition) is 2. The van der Waals surface area contributed by atoms with E-state index in [9.17, 15) is 27.2 Å². The van der Waals surface area contributed by atoms with Crippen molar-refractivity contribution >= 4 is 23.2 Å². The van der Waals surface area contributed by atoms with Gasteiger partial charge < -0.3 is 10.6 Å². The fourth-order valence-corrected chi connectivity index (χ4v) is 4.90. The first-order valence-corrected chi connectivity index (χ1v) is 18.4. The van der Waals surface area contributed by atoms with Gasteiger partial charge in [0.1, 0.15) is 0 Å². The molecule has 2 aromatic rings. The molecule has 2 N–H and O–H groups in total. The predicted octanol–water partition coefficient (Wildman–Crippen LogP) is 12.5. The van der Waals surface area contributed by atoms with Crippen molar-refractivity contribution < 1.29 is 48.9 Å². The first-order valence-electron chi connectivity index (χ1n) is 18.4. The Morgan fingerprint density at radius 2 is 1.02 bits per heavy atom. The van der Waals surface area contributed by atoms with Crippen molar-refractivity contribution in [3.8, 4) is 0 Å². The average molecular weight is 771 g/mol. The van der Waals surface area contributed by atoms with Crippen LogP contribution in [0.25, 0.3) is 0 Å². The minimum Gasteiger partial charge on any atom is -0.376 e. The maximum Gasteiger partial charge on any atom is 4.00 e. The summed E-state index contributed by atoms with van der Waals surface area (Å²) in [6.45, 7) is 15.7. The van der Waals surface area contributed by atoms with E-state index in [1.807, 2.05) is 78.0 Å². The van der Waals surface area contributed by atoms with E-state index in [1.165, 1.54) is 12.1 Å². The van der Waals surface area contributed by atoms with Crippen LogP contribution in [0.1, 0.15) is 120 Å². The number of hydrogen-bond donors (Lipinski definition) is 2. The molecule has 0 heterocycles. The summed E-state index contributed by atoms with van der Waals surface area (Å²) in [5.74, 6) is -3.48. The number of halogens is 4. The molecule has 0 spiro atoms. The summed E-state index contributed by atoms with van der Waals surface area (Å²) in [5, 5.41) is 5.07. The molecule has 53 heavy (non-hydrogen) atoms. The molecule has 288 valence electrons. The molecule has 2 unspecified atom stereocenters. The van der Waals surface area contributed by atoms with E-state index in [4.69, 9.17) is 0 Å². The van der Waals surface area contributed by atoms with Gasteiger partial charge in [0.2, 0.25) is 11.8 Å². The Morgan fingerprint density at radius 3 is 1.26 bits per heavy atom. The zero-order valence-electron chi connectivity index (χ0n) is 32.8. The van der Waals surface area contributed by atoms with E-state index in [0.717, 1.165) is 76.3 Å². The van der Waals surface area contributed by atoms with Gasteiger partial charge in [-0.25, -0.2) is 41.9 Å². The third kappa shape index (κ3) is 19.1. The maximum absolute atomic E-state index is 13.5. The van der Waals surface area contributed by atoms with E-state index < -0.39 is 34.1 Å². The molecule has 2 atom stereocenters. The second-order valence-corrected chi connectivity index (χ2v) is 14.2. The first kappa shape index (κ1) is 49.8. The minimum absolute atomic E-state index is 0. The predicted molar refractivity (Wildman–Crippen MR) is 205 cm³/mol. The average Bonchev–Trinajstić information content (AvgIpc) is 3.88. The van der Waals surface area contributed by atoms with Crippen molar-refractivity contribution in [3.63, 3.8) is 0 Å². The Balaban J connectivity index is 0.000000791. The standard InChI is InChI=1S/2C17H24F2NO.2C5H5.Ti/c2*1-5-6-7-8-12(2)17(3,4)16(21)20-15-10-9-13(18)11-14(15)19;2*1-2-4-5-3-1;/h2*9-10,12H,5-8H2,1-4H3,(H,20,21);2*1-3H,4H2;/q4*-1;+4. The number of nitrogens with one attached hydrogen (secondary N) is 2. The van der Waals surface area contributed by atoms with E-state index in [1.54, 1.807) is 0 Å². The number of carbonyl (C=O) groups excluding carboxylic acids is 2. The number of carbonyl (C=O) groups is 2. The number of allylic oxidation sites excluding steroid dienone is 8. The van der Waals surface area contributed by atoms with Gasteiger partial charge in [-0.1, -0.05) is 93.9 Å². The summed E-state index contributed by atoms with van der Waals surface area (Å²) in [6, 6.07) is 8.44. The van der Waals surface area contributed by atoms with Gasteiger partial charge in [0.05, 0.1) is 0 Å². The Morgan fingerprint density at radius 1 is 0.660 bits per heavy atom. The van der Waals surface area contributed by atoms with Gasteiger partial charge in [-0.15, -0.1) is 49.2 Å². The van der Waals surface area contributed by atoms with Gasteiger partial charge in [-0.05, 0) is 36.1 Å². The van der Waals surface area contributed by atoms with Crippen LogP contribution in [0.4, 0.5) is 28.9 Å². The molecular weight excluding hydrogens is 712 g/mol. The molecule has 4 rings (SSSR count). The monoisotopic (exact) mass is 770 g/mol. The first-order chi connectivity index (χ1) is 24.6. The Bertz CT molecular complexity index is 1370. The van der Waals surface area contributed by atoms with Crippen molar-refractivity contribution in [2.24, 2.45) is 22.7 Å². The molecule has 0 bridgehead atoms. The van der Waals surface area contributed by atoms with Crippen LogP contribution >= 0.6 is 0 Å². The third-order valence-corrected chi connectivity index (χ3v) is 9.51. The van der Waals surface area contributed by atoms with E-state index >= 15 is 0 Å². The van der Waals surface area contributed by atoms with Gasteiger partial charge in [-0.3, -0.25) is 21.7 Å². The number of rotatable bonds is 14. The molecular formula is C44H58F4N2O2Ti. The van der Waals surface area contributed by atoms with Gasteiger partial charge in [0.25, 0.3) is 0 Å². The second-order valence-electron chi connectivity index (χ2n) is 14.2. The van der Waals surface area contributed by atoms with Crippen LogP contribution in [0.5, 0.6) is 0 Å². The number of anilines is 2. The third-order valence-electron chi connectivity index (χ3n) is 9.51. The van der Waals surface area contributed by atoms with Gasteiger partial charge in [-0.2, -0.15) is 12.2 Å². The maximum atomic E-state index is 13.5. The Hall–Kier alpha value is -3.23.